The molecule has 3 aromatic rings. The second kappa shape index (κ2) is 9.50. The highest BCUT2D eigenvalue weighted by Gasteiger charge is 2.44. The van der Waals surface area contributed by atoms with Gasteiger partial charge in [-0.1, -0.05) is 18.2 Å². The van der Waals surface area contributed by atoms with Crippen molar-refractivity contribution in [3.8, 4) is 0 Å². The number of ether oxygens (including phenoxy) is 1. The fourth-order valence-electron chi connectivity index (χ4n) is 3.46. The van der Waals surface area contributed by atoms with Crippen LogP contribution in [0.2, 0.25) is 0 Å². The molecule has 33 heavy (non-hydrogen) atoms. The lowest BCUT2D eigenvalue weighted by Gasteiger charge is -2.16. The van der Waals surface area contributed by atoms with E-state index in [1.165, 1.54) is 10.9 Å². The fourth-order valence-corrected chi connectivity index (χ4v) is 3.46. The number of anilines is 3. The molecule has 1 fully saturated rings. The Hall–Kier alpha value is -3.58. The quantitative estimate of drug-likeness (QED) is 0.246. The van der Waals surface area contributed by atoms with Gasteiger partial charge in [0.25, 0.3) is 0 Å². The van der Waals surface area contributed by atoms with Gasteiger partial charge in [0.15, 0.2) is 17.7 Å². The second-order valence-corrected chi connectivity index (χ2v) is 7.72. The standard InChI is InChI=1S/C21H26N8O4/c1-28(2)13-7-5-12(6-8-13)4-3-9-24-27-21-25-18(22)15-19(26-21)29(11-23-15)20-17(32)16(31)14(10-30)33-20/h3-9,11,14,16-17,20,30-32H,10H2,1-2H3,(H3,22,25,26,27)/b4-3+,24-9+. The highest BCUT2D eigenvalue weighted by molar-refractivity contribution is 5.83. The molecule has 1 saturated heterocycles. The van der Waals surface area contributed by atoms with Crippen LogP contribution in [0.15, 0.2) is 41.8 Å². The third kappa shape index (κ3) is 4.64. The summed E-state index contributed by atoms with van der Waals surface area (Å²) < 4.78 is 6.99. The van der Waals surface area contributed by atoms with Crippen molar-refractivity contribution >= 4 is 40.9 Å². The van der Waals surface area contributed by atoms with E-state index in [2.05, 4.69) is 25.5 Å². The number of allylic oxidation sites excluding steroid dienone is 1. The number of nitrogens with zero attached hydrogens (tertiary/aromatic N) is 6. The number of nitrogens with one attached hydrogen (secondary N) is 1. The molecule has 0 spiro atoms. The van der Waals surface area contributed by atoms with Crippen molar-refractivity contribution in [2.24, 2.45) is 5.10 Å². The largest absolute Gasteiger partial charge is 0.394 e. The Labute approximate surface area is 189 Å². The molecule has 174 valence electrons. The highest BCUT2D eigenvalue weighted by atomic mass is 16.6. The van der Waals surface area contributed by atoms with Crippen LogP contribution in [0.5, 0.6) is 0 Å². The molecule has 0 saturated carbocycles. The molecule has 0 amide bonds. The zero-order valence-electron chi connectivity index (χ0n) is 18.1. The molecule has 12 nitrogen and oxygen atoms in total. The van der Waals surface area contributed by atoms with Crippen molar-refractivity contribution in [1.82, 2.24) is 19.5 Å². The minimum absolute atomic E-state index is 0.111. The molecule has 0 radical (unpaired) electrons. The normalized spacial score (nSPS) is 23.2. The molecule has 1 aliphatic heterocycles. The van der Waals surface area contributed by atoms with Gasteiger partial charge in [-0.15, -0.1) is 0 Å². The molecule has 4 atom stereocenters. The Balaban J connectivity index is 1.48. The minimum Gasteiger partial charge on any atom is -0.394 e. The lowest BCUT2D eigenvalue weighted by Crippen LogP contribution is -2.33. The van der Waals surface area contributed by atoms with Gasteiger partial charge in [-0.05, 0) is 23.8 Å². The number of hydrogen-bond acceptors (Lipinski definition) is 11. The van der Waals surface area contributed by atoms with Crippen molar-refractivity contribution in [3.05, 3.63) is 42.2 Å². The maximum Gasteiger partial charge on any atom is 0.247 e. The van der Waals surface area contributed by atoms with Crippen LogP contribution in [-0.4, -0.2) is 80.1 Å². The third-order valence-corrected chi connectivity index (χ3v) is 5.26. The van der Waals surface area contributed by atoms with E-state index in [9.17, 15) is 15.3 Å². The summed E-state index contributed by atoms with van der Waals surface area (Å²) in [5.41, 5.74) is 11.4. The van der Waals surface area contributed by atoms with Crippen LogP contribution < -0.4 is 16.1 Å². The Morgan fingerprint density at radius 1 is 1.21 bits per heavy atom. The number of aliphatic hydroxyl groups excluding tert-OH is 3. The first-order valence-corrected chi connectivity index (χ1v) is 10.2. The first-order valence-electron chi connectivity index (χ1n) is 10.2. The number of nitrogens with two attached hydrogens (primary N) is 1. The van der Waals surface area contributed by atoms with E-state index >= 15 is 0 Å². The summed E-state index contributed by atoms with van der Waals surface area (Å²) >= 11 is 0. The molecule has 4 unspecified atom stereocenters. The van der Waals surface area contributed by atoms with E-state index in [0.29, 0.717) is 5.52 Å². The summed E-state index contributed by atoms with van der Waals surface area (Å²) in [4.78, 5) is 14.7. The molecule has 3 heterocycles. The molecule has 4 rings (SSSR count). The predicted molar refractivity (Wildman–Crippen MR) is 125 cm³/mol. The average Bonchev–Trinajstić information content (AvgIpc) is 3.35. The van der Waals surface area contributed by atoms with E-state index in [1.54, 1.807) is 12.3 Å². The van der Waals surface area contributed by atoms with Gasteiger partial charge < -0.3 is 30.7 Å². The fraction of sp³-hybridized carbons (Fsp3) is 0.333. The van der Waals surface area contributed by atoms with E-state index in [4.69, 9.17) is 10.5 Å². The highest BCUT2D eigenvalue weighted by Crippen LogP contribution is 2.32. The number of nitrogen functional groups attached to an aromatic ring is 1. The summed E-state index contributed by atoms with van der Waals surface area (Å²) in [6.45, 7) is -0.437. The van der Waals surface area contributed by atoms with Crippen LogP contribution in [0.1, 0.15) is 11.8 Å². The average molecular weight is 454 g/mol. The summed E-state index contributed by atoms with van der Waals surface area (Å²) in [7, 11) is 3.97. The molecular weight excluding hydrogens is 428 g/mol. The number of hydrogen-bond donors (Lipinski definition) is 5. The van der Waals surface area contributed by atoms with Crippen LogP contribution in [0.25, 0.3) is 17.2 Å². The molecular formula is C21H26N8O4. The first-order chi connectivity index (χ1) is 15.9. The zero-order chi connectivity index (χ0) is 23.5. The maximum absolute atomic E-state index is 10.3. The number of rotatable bonds is 7. The molecule has 0 bridgehead atoms. The van der Waals surface area contributed by atoms with Crippen molar-refractivity contribution in [3.63, 3.8) is 0 Å². The van der Waals surface area contributed by atoms with Crippen molar-refractivity contribution < 1.29 is 20.1 Å². The monoisotopic (exact) mass is 454 g/mol. The van der Waals surface area contributed by atoms with E-state index in [-0.39, 0.29) is 17.4 Å². The second-order valence-electron chi connectivity index (χ2n) is 7.72. The summed E-state index contributed by atoms with van der Waals surface area (Å²) in [5, 5.41) is 33.7. The Morgan fingerprint density at radius 2 is 1.97 bits per heavy atom. The van der Waals surface area contributed by atoms with Gasteiger partial charge in [0.05, 0.1) is 12.9 Å². The van der Waals surface area contributed by atoms with E-state index in [0.717, 1.165) is 11.3 Å². The van der Waals surface area contributed by atoms with Crippen LogP contribution >= 0.6 is 0 Å². The van der Waals surface area contributed by atoms with Gasteiger partial charge in [-0.25, -0.2) is 10.4 Å². The predicted octanol–water partition coefficient (Wildman–Crippen LogP) is 0.197. The number of aromatic nitrogens is 4. The van der Waals surface area contributed by atoms with E-state index in [1.807, 2.05) is 49.3 Å². The Bertz CT molecular complexity index is 1160. The maximum atomic E-state index is 10.3. The van der Waals surface area contributed by atoms with Crippen molar-refractivity contribution in [2.45, 2.75) is 24.5 Å². The molecule has 2 aromatic heterocycles. The van der Waals surface area contributed by atoms with E-state index < -0.39 is 31.1 Å². The molecule has 0 aliphatic carbocycles. The topological polar surface area (TPSA) is 167 Å². The molecule has 12 heteroatoms. The van der Waals surface area contributed by atoms with Gasteiger partial charge in [0.2, 0.25) is 5.95 Å². The van der Waals surface area contributed by atoms with Crippen LogP contribution in [0.3, 0.4) is 0 Å². The van der Waals surface area contributed by atoms with Gasteiger partial charge in [0, 0.05) is 26.0 Å². The van der Waals surface area contributed by atoms with Crippen LogP contribution in [0, 0.1) is 0 Å². The summed E-state index contributed by atoms with van der Waals surface area (Å²) in [5.74, 6) is 0.230. The van der Waals surface area contributed by atoms with Gasteiger partial charge in [-0.3, -0.25) is 4.57 Å². The van der Waals surface area contributed by atoms with Gasteiger partial charge in [0.1, 0.15) is 23.8 Å². The lowest BCUT2D eigenvalue weighted by molar-refractivity contribution is -0.0511. The smallest absolute Gasteiger partial charge is 0.247 e. The van der Waals surface area contributed by atoms with Gasteiger partial charge >= 0.3 is 0 Å². The van der Waals surface area contributed by atoms with Crippen molar-refractivity contribution in [2.75, 3.05) is 36.8 Å². The molecule has 1 aromatic carbocycles. The lowest BCUT2D eigenvalue weighted by atomic mass is 10.1. The van der Waals surface area contributed by atoms with Crippen LogP contribution in [0.4, 0.5) is 17.5 Å². The third-order valence-electron chi connectivity index (χ3n) is 5.26. The number of fused-ring (bicyclic) bond motifs is 1. The SMILES string of the molecule is CN(C)c1ccc(/C=C/C=N/Nc2nc(N)c3ncn(C4OC(CO)C(O)C4O)c3n2)cc1. The Morgan fingerprint density at radius 3 is 2.64 bits per heavy atom. The Kier molecular flexibility index (Phi) is 6.51. The molecule has 1 aliphatic rings. The van der Waals surface area contributed by atoms with Crippen LogP contribution in [-0.2, 0) is 4.74 Å². The number of imidazole rings is 1. The number of hydrazone groups is 1. The summed E-state index contributed by atoms with van der Waals surface area (Å²) in [6, 6.07) is 8.06. The molecule has 6 N–H and O–H groups in total. The first kappa shape index (κ1) is 22.6. The van der Waals surface area contributed by atoms with Gasteiger partial charge in [-0.2, -0.15) is 15.1 Å². The minimum atomic E-state index is -1.28. The number of aliphatic hydroxyl groups is 3. The van der Waals surface area contributed by atoms with Crippen molar-refractivity contribution in [1.29, 1.82) is 0 Å². The zero-order valence-corrected chi connectivity index (χ0v) is 18.1. The summed E-state index contributed by atoms with van der Waals surface area (Å²) in [6.07, 6.45) is 2.17. The number of benzene rings is 1.